The normalized spacial score (nSPS) is 11.9. The van der Waals surface area contributed by atoms with Crippen LogP contribution in [0.2, 0.25) is 0 Å². The summed E-state index contributed by atoms with van der Waals surface area (Å²) in [5, 5.41) is 1.61. The van der Waals surface area contributed by atoms with Gasteiger partial charge in [-0.1, -0.05) is 19.1 Å². The second-order valence-corrected chi connectivity index (χ2v) is 5.52. The summed E-state index contributed by atoms with van der Waals surface area (Å²) in [7, 11) is -2.01. The van der Waals surface area contributed by atoms with E-state index in [1.54, 1.807) is 24.4 Å². The first-order chi connectivity index (χ1) is 8.10. The Morgan fingerprint density at radius 1 is 1.24 bits per heavy atom. The molecule has 17 heavy (non-hydrogen) atoms. The quantitative estimate of drug-likeness (QED) is 0.902. The molecule has 4 nitrogen and oxygen atoms in total. The molecular formula is C12H14N2O2S. The number of aryl methyl sites for hydroxylation is 1. The molecule has 0 aliphatic rings. The highest BCUT2D eigenvalue weighted by atomic mass is 32.2. The number of pyridine rings is 1. The van der Waals surface area contributed by atoms with Crippen LogP contribution < -0.4 is 4.72 Å². The van der Waals surface area contributed by atoms with Gasteiger partial charge in [-0.05, 0) is 25.6 Å². The van der Waals surface area contributed by atoms with Gasteiger partial charge >= 0.3 is 0 Å². The van der Waals surface area contributed by atoms with Crippen LogP contribution >= 0.6 is 0 Å². The molecule has 0 unspecified atom stereocenters. The maximum Gasteiger partial charge on any atom is 0.240 e. The molecule has 90 valence electrons. The molecule has 1 aromatic carbocycles. The van der Waals surface area contributed by atoms with E-state index in [1.165, 1.54) is 7.05 Å². The molecule has 1 aromatic heterocycles. The van der Waals surface area contributed by atoms with Crippen molar-refractivity contribution in [2.75, 3.05) is 7.05 Å². The van der Waals surface area contributed by atoms with E-state index in [9.17, 15) is 8.42 Å². The van der Waals surface area contributed by atoms with Gasteiger partial charge in [0.2, 0.25) is 10.0 Å². The number of aromatic nitrogens is 1. The number of hydrogen-bond acceptors (Lipinski definition) is 3. The molecule has 2 aromatic rings. The molecule has 0 spiro atoms. The van der Waals surface area contributed by atoms with Crippen LogP contribution in [0.1, 0.15) is 12.6 Å². The van der Waals surface area contributed by atoms with Gasteiger partial charge < -0.3 is 0 Å². The summed E-state index contributed by atoms with van der Waals surface area (Å²) in [4.78, 5) is 4.56. The second kappa shape index (κ2) is 4.43. The average molecular weight is 250 g/mol. The van der Waals surface area contributed by atoms with Crippen molar-refractivity contribution in [2.24, 2.45) is 0 Å². The van der Waals surface area contributed by atoms with E-state index in [-0.39, 0.29) is 0 Å². The maximum absolute atomic E-state index is 11.9. The van der Waals surface area contributed by atoms with Gasteiger partial charge in [-0.25, -0.2) is 13.1 Å². The third kappa shape index (κ3) is 2.03. The van der Waals surface area contributed by atoms with Gasteiger partial charge in [0.1, 0.15) is 0 Å². The number of sulfonamides is 1. The highest BCUT2D eigenvalue weighted by molar-refractivity contribution is 7.89. The second-order valence-electron chi connectivity index (χ2n) is 3.67. The molecule has 0 bridgehead atoms. The zero-order valence-corrected chi connectivity index (χ0v) is 10.6. The lowest BCUT2D eigenvalue weighted by Gasteiger charge is -2.08. The molecule has 0 aliphatic carbocycles. The van der Waals surface area contributed by atoms with E-state index in [0.717, 1.165) is 17.5 Å². The minimum atomic E-state index is -3.43. The van der Waals surface area contributed by atoms with Crippen molar-refractivity contribution in [3.63, 3.8) is 0 Å². The zero-order chi connectivity index (χ0) is 12.5. The lowest BCUT2D eigenvalue weighted by molar-refractivity contribution is 0.589. The number of rotatable bonds is 3. The predicted molar refractivity (Wildman–Crippen MR) is 67.4 cm³/mol. The minimum absolute atomic E-state index is 0.301. The Bertz CT molecular complexity index is 651. The maximum atomic E-state index is 11.9. The van der Waals surface area contributed by atoms with Gasteiger partial charge in [-0.15, -0.1) is 0 Å². The number of benzene rings is 1. The van der Waals surface area contributed by atoms with E-state index in [4.69, 9.17) is 0 Å². The largest absolute Gasteiger partial charge is 0.261 e. The van der Waals surface area contributed by atoms with Crippen molar-refractivity contribution in [1.82, 2.24) is 9.71 Å². The van der Waals surface area contributed by atoms with Crippen LogP contribution in [-0.2, 0) is 16.4 Å². The summed E-state index contributed by atoms with van der Waals surface area (Å²) in [5.41, 5.74) is 0.913. The molecule has 5 heteroatoms. The number of nitrogens with zero attached hydrogens (tertiary/aromatic N) is 1. The Kier molecular flexibility index (Phi) is 3.13. The highest BCUT2D eigenvalue weighted by Gasteiger charge is 2.15. The predicted octanol–water partition coefficient (Wildman–Crippen LogP) is 1.71. The molecule has 0 saturated carbocycles. The third-order valence-corrected chi connectivity index (χ3v) is 4.21. The minimum Gasteiger partial charge on any atom is -0.261 e. The first kappa shape index (κ1) is 12.0. The Hall–Kier alpha value is -1.46. The van der Waals surface area contributed by atoms with Crippen molar-refractivity contribution in [1.29, 1.82) is 0 Å². The number of fused-ring (bicyclic) bond motifs is 1. The van der Waals surface area contributed by atoms with Crippen LogP contribution in [-0.4, -0.2) is 20.4 Å². The summed E-state index contributed by atoms with van der Waals surface area (Å²) in [6, 6.07) is 6.98. The molecule has 0 fully saturated rings. The van der Waals surface area contributed by atoms with Gasteiger partial charge in [0.05, 0.1) is 4.90 Å². The van der Waals surface area contributed by atoms with Crippen molar-refractivity contribution in [3.8, 4) is 0 Å². The van der Waals surface area contributed by atoms with Gasteiger partial charge in [-0.2, -0.15) is 0 Å². The molecule has 0 radical (unpaired) electrons. The summed E-state index contributed by atoms with van der Waals surface area (Å²) < 4.78 is 26.1. The summed E-state index contributed by atoms with van der Waals surface area (Å²) in [6.45, 7) is 2.00. The average Bonchev–Trinajstić information content (AvgIpc) is 2.37. The summed E-state index contributed by atoms with van der Waals surface area (Å²) >= 11 is 0. The van der Waals surface area contributed by atoms with Crippen molar-refractivity contribution >= 4 is 20.8 Å². The topological polar surface area (TPSA) is 59.1 Å². The summed E-state index contributed by atoms with van der Waals surface area (Å²) in [5.74, 6) is 0. The first-order valence-corrected chi connectivity index (χ1v) is 6.88. The highest BCUT2D eigenvalue weighted by Crippen LogP contribution is 2.24. The van der Waals surface area contributed by atoms with Gasteiger partial charge in [0.25, 0.3) is 0 Å². The molecular weight excluding hydrogens is 236 g/mol. The Morgan fingerprint density at radius 2 is 2.00 bits per heavy atom. The molecule has 0 saturated heterocycles. The van der Waals surface area contributed by atoms with Crippen molar-refractivity contribution in [3.05, 3.63) is 36.2 Å². The van der Waals surface area contributed by atoms with Gasteiger partial charge in [0.15, 0.2) is 0 Å². The smallest absolute Gasteiger partial charge is 0.240 e. The fourth-order valence-corrected chi connectivity index (χ4v) is 2.81. The van der Waals surface area contributed by atoms with Crippen LogP contribution in [0, 0.1) is 0 Å². The lowest BCUT2D eigenvalue weighted by Crippen LogP contribution is -2.18. The van der Waals surface area contributed by atoms with E-state index in [0.29, 0.717) is 10.3 Å². The Labute approximate surface area is 101 Å². The fraction of sp³-hybridized carbons (Fsp3) is 0.250. The van der Waals surface area contributed by atoms with Crippen molar-refractivity contribution < 1.29 is 8.42 Å². The van der Waals surface area contributed by atoms with Crippen LogP contribution in [0.3, 0.4) is 0 Å². The molecule has 0 aliphatic heterocycles. The van der Waals surface area contributed by atoms with Crippen LogP contribution in [0.5, 0.6) is 0 Å². The molecule has 0 atom stereocenters. The SMILES string of the molecule is CCc1nccc2c(S(=O)(=O)NC)cccc12. The summed E-state index contributed by atoms with van der Waals surface area (Å²) in [6.07, 6.45) is 2.43. The molecule has 2 rings (SSSR count). The van der Waals surface area contributed by atoms with Crippen LogP contribution in [0.25, 0.3) is 10.8 Å². The number of hydrogen-bond donors (Lipinski definition) is 1. The Morgan fingerprint density at radius 3 is 2.65 bits per heavy atom. The van der Waals surface area contributed by atoms with Gasteiger partial charge in [-0.3, -0.25) is 4.98 Å². The van der Waals surface area contributed by atoms with E-state index < -0.39 is 10.0 Å². The van der Waals surface area contributed by atoms with Crippen LogP contribution in [0.4, 0.5) is 0 Å². The monoisotopic (exact) mass is 250 g/mol. The van der Waals surface area contributed by atoms with Crippen molar-refractivity contribution in [2.45, 2.75) is 18.2 Å². The number of nitrogens with one attached hydrogen (secondary N) is 1. The Balaban J connectivity index is 2.84. The lowest BCUT2D eigenvalue weighted by atomic mass is 10.1. The molecule has 0 amide bonds. The first-order valence-electron chi connectivity index (χ1n) is 5.40. The van der Waals surface area contributed by atoms with Gasteiger partial charge in [0, 0.05) is 22.7 Å². The standard InChI is InChI=1S/C12H14N2O2S/c1-3-11-9-5-4-6-12(17(15,16)13-2)10(9)7-8-14-11/h4-8,13H,3H2,1-2H3. The van der Waals surface area contributed by atoms with Crippen LogP contribution in [0.15, 0.2) is 35.4 Å². The molecule has 1 N–H and O–H groups in total. The fourth-order valence-electron chi connectivity index (χ4n) is 1.86. The van der Waals surface area contributed by atoms with E-state index >= 15 is 0 Å². The molecule has 1 heterocycles. The third-order valence-electron chi connectivity index (χ3n) is 2.74. The van der Waals surface area contributed by atoms with E-state index in [1.807, 2.05) is 13.0 Å². The zero-order valence-electron chi connectivity index (χ0n) is 9.77. The van der Waals surface area contributed by atoms with E-state index in [2.05, 4.69) is 9.71 Å².